The number of hydrogen-bond donors (Lipinski definition) is 1. The lowest BCUT2D eigenvalue weighted by Crippen LogP contribution is -2.11. The Bertz CT molecular complexity index is 343. The van der Waals surface area contributed by atoms with Crippen molar-refractivity contribution < 1.29 is 0 Å². The molecule has 0 unspecified atom stereocenters. The monoisotopic (exact) mass is 207 g/mol. The summed E-state index contributed by atoms with van der Waals surface area (Å²) in [6.07, 6.45) is 2.12. The molecule has 1 heterocycles. The van der Waals surface area contributed by atoms with Gasteiger partial charge in [0.2, 0.25) is 0 Å². The largest absolute Gasteiger partial charge is 0.366 e. The summed E-state index contributed by atoms with van der Waals surface area (Å²) in [6, 6.07) is 10.2. The van der Waals surface area contributed by atoms with E-state index in [9.17, 15) is 0 Å². The molecule has 0 radical (unpaired) electrons. The number of rotatable bonds is 1. The molecule has 66 valence electrons. The first-order valence-corrected chi connectivity index (χ1v) is 5.43. The van der Waals surface area contributed by atoms with Crippen molar-refractivity contribution in [3.05, 3.63) is 40.8 Å². The number of thiocarbonyl (C=S) groups is 1. The lowest BCUT2D eigenvalue weighted by atomic mass is 10.2. The van der Waals surface area contributed by atoms with Crippen LogP contribution < -0.4 is 5.32 Å². The normalized spacial score (nSPS) is 19.1. The molecule has 1 aromatic rings. The topological polar surface area (TPSA) is 12.0 Å². The van der Waals surface area contributed by atoms with Gasteiger partial charge in [0.25, 0.3) is 0 Å². The van der Waals surface area contributed by atoms with Crippen LogP contribution in [0.1, 0.15) is 5.56 Å². The second-order valence-electron chi connectivity index (χ2n) is 2.71. The third kappa shape index (κ3) is 2.11. The highest BCUT2D eigenvalue weighted by Gasteiger charge is 2.11. The van der Waals surface area contributed by atoms with Crippen molar-refractivity contribution in [1.82, 2.24) is 5.32 Å². The Balaban J connectivity index is 2.25. The zero-order valence-electron chi connectivity index (χ0n) is 6.99. The summed E-state index contributed by atoms with van der Waals surface area (Å²) in [5, 5.41) is 3.12. The first-order valence-electron chi connectivity index (χ1n) is 4.04. The molecule has 0 aromatic heterocycles. The molecule has 1 fully saturated rings. The molecule has 0 aliphatic carbocycles. The standard InChI is InChI=1S/C10H9NS2/c12-10-9(13-7-11-10)6-8-4-2-1-3-5-8/h1-6H,7H2,(H,11,12). The summed E-state index contributed by atoms with van der Waals surface area (Å²) in [7, 11) is 0. The lowest BCUT2D eigenvalue weighted by molar-refractivity contribution is 1.18. The second-order valence-corrected chi connectivity index (χ2v) is 4.14. The van der Waals surface area contributed by atoms with Gasteiger partial charge in [-0.2, -0.15) is 0 Å². The lowest BCUT2D eigenvalue weighted by Gasteiger charge is -1.95. The van der Waals surface area contributed by atoms with Crippen LogP contribution in [0, 0.1) is 0 Å². The molecule has 13 heavy (non-hydrogen) atoms. The quantitative estimate of drug-likeness (QED) is 0.561. The van der Waals surface area contributed by atoms with Gasteiger partial charge in [-0.15, -0.1) is 11.8 Å². The van der Waals surface area contributed by atoms with E-state index in [4.69, 9.17) is 12.2 Å². The number of thioether (sulfide) groups is 1. The molecular formula is C10H9NS2. The van der Waals surface area contributed by atoms with Gasteiger partial charge in [-0.05, 0) is 11.6 Å². The maximum Gasteiger partial charge on any atom is 0.113 e. The van der Waals surface area contributed by atoms with Crippen molar-refractivity contribution in [1.29, 1.82) is 0 Å². The van der Waals surface area contributed by atoms with Crippen LogP contribution in [0.5, 0.6) is 0 Å². The van der Waals surface area contributed by atoms with Crippen molar-refractivity contribution in [2.45, 2.75) is 0 Å². The fourth-order valence-electron chi connectivity index (χ4n) is 1.14. The van der Waals surface area contributed by atoms with Crippen molar-refractivity contribution in [3.8, 4) is 0 Å². The summed E-state index contributed by atoms with van der Waals surface area (Å²) in [6.45, 7) is 0. The summed E-state index contributed by atoms with van der Waals surface area (Å²) in [5.41, 5.74) is 1.20. The van der Waals surface area contributed by atoms with E-state index in [1.807, 2.05) is 18.2 Å². The van der Waals surface area contributed by atoms with Gasteiger partial charge in [0.1, 0.15) is 4.99 Å². The third-order valence-electron chi connectivity index (χ3n) is 1.78. The van der Waals surface area contributed by atoms with E-state index in [1.54, 1.807) is 11.8 Å². The molecule has 1 N–H and O–H groups in total. The highest BCUT2D eigenvalue weighted by molar-refractivity contribution is 8.06. The van der Waals surface area contributed by atoms with Gasteiger partial charge in [0, 0.05) is 4.91 Å². The van der Waals surface area contributed by atoms with Crippen LogP contribution in [0.25, 0.3) is 6.08 Å². The first kappa shape index (κ1) is 8.78. The summed E-state index contributed by atoms with van der Waals surface area (Å²) >= 11 is 6.89. The van der Waals surface area contributed by atoms with Gasteiger partial charge in [-0.25, -0.2) is 0 Å². The van der Waals surface area contributed by atoms with Gasteiger partial charge in [-0.3, -0.25) is 0 Å². The van der Waals surface area contributed by atoms with Gasteiger partial charge in [0.15, 0.2) is 0 Å². The average molecular weight is 207 g/mol. The van der Waals surface area contributed by atoms with E-state index in [0.29, 0.717) is 0 Å². The molecule has 0 amide bonds. The van der Waals surface area contributed by atoms with Crippen molar-refractivity contribution in [2.75, 3.05) is 5.88 Å². The van der Waals surface area contributed by atoms with Crippen molar-refractivity contribution in [2.24, 2.45) is 0 Å². The summed E-state index contributed by atoms with van der Waals surface area (Å²) < 4.78 is 0. The summed E-state index contributed by atoms with van der Waals surface area (Å²) in [4.78, 5) is 2.04. The average Bonchev–Trinajstić information content (AvgIpc) is 2.54. The molecule has 1 nitrogen and oxygen atoms in total. The van der Waals surface area contributed by atoms with Crippen molar-refractivity contribution in [3.63, 3.8) is 0 Å². The number of benzene rings is 1. The number of hydrogen-bond acceptors (Lipinski definition) is 2. The highest BCUT2D eigenvalue weighted by atomic mass is 32.2. The maximum absolute atomic E-state index is 5.14. The second kappa shape index (κ2) is 3.94. The molecule has 0 saturated carbocycles. The Morgan fingerprint density at radius 2 is 2.08 bits per heavy atom. The molecular weight excluding hydrogens is 198 g/mol. The van der Waals surface area contributed by atoms with Crippen LogP contribution in [0.2, 0.25) is 0 Å². The Morgan fingerprint density at radius 1 is 1.31 bits per heavy atom. The first-order chi connectivity index (χ1) is 6.36. The number of nitrogens with one attached hydrogen (secondary N) is 1. The Labute approximate surface area is 87.2 Å². The van der Waals surface area contributed by atoms with E-state index in [2.05, 4.69) is 23.5 Å². The van der Waals surface area contributed by atoms with E-state index in [1.165, 1.54) is 10.5 Å². The zero-order valence-corrected chi connectivity index (χ0v) is 8.62. The molecule has 1 saturated heterocycles. The Morgan fingerprint density at radius 3 is 2.69 bits per heavy atom. The van der Waals surface area contributed by atoms with E-state index in [0.717, 1.165) is 10.9 Å². The molecule has 0 bridgehead atoms. The zero-order chi connectivity index (χ0) is 9.10. The molecule has 1 aliphatic heterocycles. The Kier molecular flexibility index (Phi) is 2.66. The van der Waals surface area contributed by atoms with Crippen LogP contribution >= 0.6 is 24.0 Å². The molecule has 1 aromatic carbocycles. The SMILES string of the molecule is S=C1NCSC1=Cc1ccccc1. The maximum atomic E-state index is 5.14. The van der Waals surface area contributed by atoms with Crippen LogP contribution in [0.15, 0.2) is 35.2 Å². The predicted molar refractivity (Wildman–Crippen MR) is 62.6 cm³/mol. The minimum Gasteiger partial charge on any atom is -0.366 e. The van der Waals surface area contributed by atoms with Crippen molar-refractivity contribution >= 4 is 35.0 Å². The molecule has 0 atom stereocenters. The predicted octanol–water partition coefficient (Wildman–Crippen LogP) is 2.65. The molecule has 3 heteroatoms. The highest BCUT2D eigenvalue weighted by Crippen LogP contribution is 2.24. The molecule has 1 aliphatic rings. The minimum atomic E-state index is 0.869. The fourth-order valence-corrected chi connectivity index (χ4v) is 2.33. The summed E-state index contributed by atoms with van der Waals surface area (Å²) in [5.74, 6) is 0.900. The van der Waals surface area contributed by atoms with Gasteiger partial charge >= 0.3 is 0 Å². The fraction of sp³-hybridized carbons (Fsp3) is 0.100. The Hall–Kier alpha value is -0.800. The van der Waals surface area contributed by atoms with Gasteiger partial charge in [0.05, 0.1) is 5.88 Å². The van der Waals surface area contributed by atoms with Gasteiger partial charge in [-0.1, -0.05) is 42.5 Å². The van der Waals surface area contributed by atoms with E-state index < -0.39 is 0 Å². The molecule has 0 spiro atoms. The third-order valence-corrected chi connectivity index (χ3v) is 3.20. The smallest absolute Gasteiger partial charge is 0.113 e. The van der Waals surface area contributed by atoms with Crippen LogP contribution in [0.3, 0.4) is 0 Å². The van der Waals surface area contributed by atoms with E-state index in [-0.39, 0.29) is 0 Å². The van der Waals surface area contributed by atoms with Gasteiger partial charge < -0.3 is 5.32 Å². The molecule has 2 rings (SSSR count). The van der Waals surface area contributed by atoms with Crippen LogP contribution in [0.4, 0.5) is 0 Å². The van der Waals surface area contributed by atoms with Crippen LogP contribution in [-0.4, -0.2) is 10.9 Å². The minimum absolute atomic E-state index is 0.869. The van der Waals surface area contributed by atoms with E-state index >= 15 is 0 Å². The van der Waals surface area contributed by atoms with Crippen LogP contribution in [-0.2, 0) is 0 Å².